The molecule has 3 nitrogen and oxygen atoms in total. The van der Waals surface area contributed by atoms with Crippen LogP contribution in [0.5, 0.6) is 5.75 Å². The van der Waals surface area contributed by atoms with Gasteiger partial charge in [-0.25, -0.2) is 0 Å². The number of hydrogen-bond donors (Lipinski definition) is 1. The zero-order valence-electron chi connectivity index (χ0n) is 10.2. The quantitative estimate of drug-likeness (QED) is 0.859. The van der Waals surface area contributed by atoms with Crippen molar-refractivity contribution < 1.29 is 9.15 Å². The molecule has 0 aliphatic carbocycles. The number of ether oxygens (including phenoxy) is 1. The Balaban J connectivity index is 1.93. The monoisotopic (exact) mass is 231 g/mol. The molecule has 3 heteroatoms. The van der Waals surface area contributed by atoms with Gasteiger partial charge in [0.05, 0.1) is 6.26 Å². The Morgan fingerprint density at radius 2 is 2.18 bits per heavy atom. The summed E-state index contributed by atoms with van der Waals surface area (Å²) in [5, 5.41) is 3.08. The van der Waals surface area contributed by atoms with Gasteiger partial charge in [0.1, 0.15) is 18.1 Å². The summed E-state index contributed by atoms with van der Waals surface area (Å²) in [6, 6.07) is 10.00. The van der Waals surface area contributed by atoms with Crippen LogP contribution in [-0.2, 0) is 13.2 Å². The molecule has 1 N–H and O–H groups in total. The van der Waals surface area contributed by atoms with E-state index in [1.165, 1.54) is 5.56 Å². The molecule has 0 atom stereocenters. The van der Waals surface area contributed by atoms with E-state index < -0.39 is 0 Å². The van der Waals surface area contributed by atoms with Gasteiger partial charge in [-0.15, -0.1) is 0 Å². The van der Waals surface area contributed by atoms with Crippen LogP contribution in [0, 0.1) is 6.92 Å². The lowest BCUT2D eigenvalue weighted by Gasteiger charge is -2.04. The Kier molecular flexibility index (Phi) is 3.83. The molecule has 1 heterocycles. The molecule has 17 heavy (non-hydrogen) atoms. The SMILES string of the molecule is CNCc1coc(COc2cccc(C)c2)c1. The van der Waals surface area contributed by atoms with Gasteiger partial charge in [-0.2, -0.15) is 0 Å². The molecule has 0 unspecified atom stereocenters. The van der Waals surface area contributed by atoms with Crippen molar-refractivity contribution in [3.05, 3.63) is 53.5 Å². The minimum atomic E-state index is 0.465. The van der Waals surface area contributed by atoms with Gasteiger partial charge in [0.15, 0.2) is 0 Å². The topological polar surface area (TPSA) is 34.4 Å². The van der Waals surface area contributed by atoms with E-state index in [0.717, 1.165) is 23.6 Å². The number of aryl methyl sites for hydroxylation is 1. The van der Waals surface area contributed by atoms with Crippen molar-refractivity contribution in [2.24, 2.45) is 0 Å². The molecule has 0 amide bonds. The minimum absolute atomic E-state index is 0.465. The highest BCUT2D eigenvalue weighted by Gasteiger charge is 2.02. The molecular weight excluding hydrogens is 214 g/mol. The fourth-order valence-electron chi connectivity index (χ4n) is 1.66. The molecule has 0 saturated carbocycles. The fourth-order valence-corrected chi connectivity index (χ4v) is 1.66. The molecule has 2 aromatic rings. The third kappa shape index (κ3) is 3.36. The number of furan rings is 1. The van der Waals surface area contributed by atoms with E-state index in [-0.39, 0.29) is 0 Å². The van der Waals surface area contributed by atoms with Crippen LogP contribution in [0.15, 0.2) is 41.0 Å². The summed E-state index contributed by atoms with van der Waals surface area (Å²) in [6.07, 6.45) is 1.76. The van der Waals surface area contributed by atoms with Crippen LogP contribution in [0.25, 0.3) is 0 Å². The molecule has 0 bridgehead atoms. The summed E-state index contributed by atoms with van der Waals surface area (Å²) in [4.78, 5) is 0. The van der Waals surface area contributed by atoms with Gasteiger partial charge < -0.3 is 14.5 Å². The minimum Gasteiger partial charge on any atom is -0.486 e. The lowest BCUT2D eigenvalue weighted by Crippen LogP contribution is -2.03. The molecule has 1 aromatic heterocycles. The predicted octanol–water partition coefficient (Wildman–Crippen LogP) is 2.89. The fraction of sp³-hybridized carbons (Fsp3) is 0.286. The van der Waals surface area contributed by atoms with Crippen LogP contribution in [0.1, 0.15) is 16.9 Å². The van der Waals surface area contributed by atoms with Crippen LogP contribution in [0.2, 0.25) is 0 Å². The number of rotatable bonds is 5. The van der Waals surface area contributed by atoms with E-state index >= 15 is 0 Å². The standard InChI is InChI=1S/C14H17NO2/c1-11-4-3-5-13(6-11)17-10-14-7-12(8-15-2)9-16-14/h3-7,9,15H,8,10H2,1-2H3. The second kappa shape index (κ2) is 5.55. The van der Waals surface area contributed by atoms with E-state index in [1.807, 2.05) is 44.3 Å². The largest absolute Gasteiger partial charge is 0.486 e. The molecule has 2 rings (SSSR count). The normalized spacial score (nSPS) is 10.5. The van der Waals surface area contributed by atoms with Crippen LogP contribution in [-0.4, -0.2) is 7.05 Å². The van der Waals surface area contributed by atoms with Crippen LogP contribution in [0.3, 0.4) is 0 Å². The Bertz CT molecular complexity index is 477. The highest BCUT2D eigenvalue weighted by molar-refractivity contribution is 5.27. The smallest absolute Gasteiger partial charge is 0.146 e. The molecule has 1 aromatic carbocycles. The molecule has 90 valence electrons. The highest BCUT2D eigenvalue weighted by Crippen LogP contribution is 2.15. The van der Waals surface area contributed by atoms with E-state index in [2.05, 4.69) is 5.32 Å². The number of benzene rings is 1. The Morgan fingerprint density at radius 3 is 2.94 bits per heavy atom. The van der Waals surface area contributed by atoms with Gasteiger partial charge in [0.2, 0.25) is 0 Å². The second-order valence-electron chi connectivity index (χ2n) is 4.06. The maximum absolute atomic E-state index is 5.65. The van der Waals surface area contributed by atoms with Crippen molar-refractivity contribution in [3.8, 4) is 5.75 Å². The highest BCUT2D eigenvalue weighted by atomic mass is 16.5. The first kappa shape index (κ1) is 11.7. The average Bonchev–Trinajstić information content (AvgIpc) is 2.75. The zero-order valence-corrected chi connectivity index (χ0v) is 10.2. The molecule has 0 saturated heterocycles. The summed E-state index contributed by atoms with van der Waals surface area (Å²) < 4.78 is 11.1. The molecule has 0 aliphatic rings. The summed E-state index contributed by atoms with van der Waals surface area (Å²) in [6.45, 7) is 3.33. The third-order valence-electron chi connectivity index (χ3n) is 2.46. The van der Waals surface area contributed by atoms with Crippen LogP contribution < -0.4 is 10.1 Å². The molecule has 0 radical (unpaired) electrons. The van der Waals surface area contributed by atoms with E-state index in [9.17, 15) is 0 Å². The summed E-state index contributed by atoms with van der Waals surface area (Å²) in [7, 11) is 1.91. The van der Waals surface area contributed by atoms with E-state index in [4.69, 9.17) is 9.15 Å². The zero-order chi connectivity index (χ0) is 12.1. The third-order valence-corrected chi connectivity index (χ3v) is 2.46. The Labute approximate surface area is 101 Å². The molecule has 0 spiro atoms. The average molecular weight is 231 g/mol. The first-order chi connectivity index (χ1) is 8.28. The van der Waals surface area contributed by atoms with Crippen molar-refractivity contribution >= 4 is 0 Å². The Hall–Kier alpha value is -1.74. The van der Waals surface area contributed by atoms with Crippen LogP contribution in [0.4, 0.5) is 0 Å². The lowest BCUT2D eigenvalue weighted by molar-refractivity contribution is 0.270. The van der Waals surface area contributed by atoms with E-state index in [0.29, 0.717) is 6.61 Å². The first-order valence-corrected chi connectivity index (χ1v) is 5.68. The number of nitrogens with one attached hydrogen (secondary N) is 1. The maximum atomic E-state index is 5.65. The molecular formula is C14H17NO2. The van der Waals surface area contributed by atoms with Crippen molar-refractivity contribution in [3.63, 3.8) is 0 Å². The van der Waals surface area contributed by atoms with Crippen molar-refractivity contribution in [2.45, 2.75) is 20.1 Å². The van der Waals surface area contributed by atoms with Gasteiger partial charge >= 0.3 is 0 Å². The maximum Gasteiger partial charge on any atom is 0.146 e. The molecule has 0 fully saturated rings. The van der Waals surface area contributed by atoms with E-state index in [1.54, 1.807) is 6.26 Å². The van der Waals surface area contributed by atoms with Gasteiger partial charge in [0.25, 0.3) is 0 Å². The first-order valence-electron chi connectivity index (χ1n) is 5.68. The van der Waals surface area contributed by atoms with Gasteiger partial charge in [-0.3, -0.25) is 0 Å². The summed E-state index contributed by atoms with van der Waals surface area (Å²) >= 11 is 0. The van der Waals surface area contributed by atoms with Gasteiger partial charge in [-0.1, -0.05) is 12.1 Å². The lowest BCUT2D eigenvalue weighted by atomic mass is 10.2. The second-order valence-corrected chi connectivity index (χ2v) is 4.06. The molecule has 0 aliphatic heterocycles. The van der Waals surface area contributed by atoms with Gasteiger partial charge in [-0.05, 0) is 37.7 Å². The summed E-state index contributed by atoms with van der Waals surface area (Å²) in [5.74, 6) is 1.72. The Morgan fingerprint density at radius 1 is 1.29 bits per heavy atom. The number of hydrogen-bond acceptors (Lipinski definition) is 3. The van der Waals surface area contributed by atoms with Crippen molar-refractivity contribution in [1.29, 1.82) is 0 Å². The van der Waals surface area contributed by atoms with Gasteiger partial charge in [0, 0.05) is 12.1 Å². The van der Waals surface area contributed by atoms with Crippen molar-refractivity contribution in [2.75, 3.05) is 7.05 Å². The predicted molar refractivity (Wildman–Crippen MR) is 67.0 cm³/mol. The van der Waals surface area contributed by atoms with Crippen molar-refractivity contribution in [1.82, 2.24) is 5.32 Å². The summed E-state index contributed by atoms with van der Waals surface area (Å²) in [5.41, 5.74) is 2.33. The van der Waals surface area contributed by atoms with Crippen LogP contribution >= 0.6 is 0 Å².